The summed E-state index contributed by atoms with van der Waals surface area (Å²) in [6.07, 6.45) is 5.14. The van der Waals surface area contributed by atoms with Crippen LogP contribution in [0.1, 0.15) is 20.3 Å². The van der Waals surface area contributed by atoms with Gasteiger partial charge in [0.05, 0.1) is 24.1 Å². The minimum absolute atomic E-state index is 0.196. The lowest BCUT2D eigenvalue weighted by molar-refractivity contribution is -0.117. The van der Waals surface area contributed by atoms with Gasteiger partial charge in [0.2, 0.25) is 5.91 Å². The van der Waals surface area contributed by atoms with Crippen LogP contribution in [-0.2, 0) is 4.79 Å². The lowest BCUT2D eigenvalue weighted by atomic mass is 10.0. The van der Waals surface area contributed by atoms with Gasteiger partial charge in [-0.3, -0.25) is 4.79 Å². The number of rotatable bonds is 4. The molecule has 0 aromatic carbocycles. The summed E-state index contributed by atoms with van der Waals surface area (Å²) in [5, 5.41) is 2.66. The molecule has 0 saturated heterocycles. The van der Waals surface area contributed by atoms with Crippen molar-refractivity contribution in [3.63, 3.8) is 0 Å². The highest BCUT2D eigenvalue weighted by molar-refractivity contribution is 5.94. The van der Waals surface area contributed by atoms with Gasteiger partial charge in [-0.25, -0.2) is 9.97 Å². The molecule has 5 nitrogen and oxygen atoms in total. The predicted molar refractivity (Wildman–Crippen MR) is 58.1 cm³/mol. The van der Waals surface area contributed by atoms with Crippen molar-refractivity contribution in [3.8, 4) is 0 Å². The minimum atomic E-state index is -0.481. The number of hydrogen-bond acceptors (Lipinski definition) is 4. The van der Waals surface area contributed by atoms with Crippen molar-refractivity contribution in [2.75, 3.05) is 5.32 Å². The highest BCUT2D eigenvalue weighted by atomic mass is 16.2. The summed E-state index contributed by atoms with van der Waals surface area (Å²) < 4.78 is 0. The summed E-state index contributed by atoms with van der Waals surface area (Å²) in [4.78, 5) is 19.1. The van der Waals surface area contributed by atoms with E-state index < -0.39 is 6.04 Å². The van der Waals surface area contributed by atoms with Crippen molar-refractivity contribution in [1.82, 2.24) is 9.97 Å². The molecule has 3 N–H and O–H groups in total. The molecule has 1 heterocycles. The van der Waals surface area contributed by atoms with E-state index >= 15 is 0 Å². The first-order chi connectivity index (χ1) is 7.09. The Hall–Kier alpha value is -1.49. The zero-order chi connectivity index (χ0) is 11.3. The number of aromatic nitrogens is 2. The third-order valence-electron chi connectivity index (χ3n) is 1.89. The van der Waals surface area contributed by atoms with E-state index in [2.05, 4.69) is 15.3 Å². The molecule has 1 aromatic rings. The molecule has 0 radical (unpaired) electrons. The Labute approximate surface area is 89.1 Å². The van der Waals surface area contributed by atoms with E-state index in [1.807, 2.05) is 13.8 Å². The normalized spacial score (nSPS) is 12.5. The molecular weight excluding hydrogens is 192 g/mol. The molecule has 1 aromatic heterocycles. The van der Waals surface area contributed by atoms with Gasteiger partial charge in [0, 0.05) is 0 Å². The molecule has 0 saturated carbocycles. The average molecular weight is 208 g/mol. The van der Waals surface area contributed by atoms with Crippen molar-refractivity contribution >= 4 is 11.6 Å². The Kier molecular flexibility index (Phi) is 4.17. The summed E-state index contributed by atoms with van der Waals surface area (Å²) in [5.74, 6) is 0.205. The quantitative estimate of drug-likeness (QED) is 0.766. The van der Waals surface area contributed by atoms with Gasteiger partial charge in [0.1, 0.15) is 6.33 Å². The van der Waals surface area contributed by atoms with Gasteiger partial charge in [-0.05, 0) is 12.3 Å². The summed E-state index contributed by atoms with van der Waals surface area (Å²) in [6.45, 7) is 4.05. The number of anilines is 1. The van der Waals surface area contributed by atoms with Crippen LogP contribution in [0.25, 0.3) is 0 Å². The van der Waals surface area contributed by atoms with Crippen molar-refractivity contribution < 1.29 is 4.79 Å². The Morgan fingerprint density at radius 2 is 2.07 bits per heavy atom. The second-order valence-corrected chi connectivity index (χ2v) is 3.85. The van der Waals surface area contributed by atoms with Crippen LogP contribution < -0.4 is 11.1 Å². The average Bonchev–Trinajstić information content (AvgIpc) is 2.18. The van der Waals surface area contributed by atoms with Crippen molar-refractivity contribution in [3.05, 3.63) is 18.7 Å². The molecule has 1 rings (SSSR count). The standard InChI is InChI=1S/C10H16N4O/c1-7(2)3-9(11)10(15)14-8-4-12-6-13-5-8/h4-7,9H,3,11H2,1-2H3,(H,14,15). The highest BCUT2D eigenvalue weighted by Gasteiger charge is 2.14. The van der Waals surface area contributed by atoms with E-state index in [0.29, 0.717) is 18.0 Å². The van der Waals surface area contributed by atoms with Gasteiger partial charge < -0.3 is 11.1 Å². The van der Waals surface area contributed by atoms with Crippen LogP contribution in [0.2, 0.25) is 0 Å². The lowest BCUT2D eigenvalue weighted by Gasteiger charge is -2.13. The van der Waals surface area contributed by atoms with Crippen LogP contribution in [0.3, 0.4) is 0 Å². The van der Waals surface area contributed by atoms with E-state index in [0.717, 1.165) is 0 Å². The van der Waals surface area contributed by atoms with Crippen LogP contribution in [0.5, 0.6) is 0 Å². The number of carbonyl (C=O) groups excluding carboxylic acids is 1. The fourth-order valence-corrected chi connectivity index (χ4v) is 1.21. The maximum Gasteiger partial charge on any atom is 0.241 e. The smallest absolute Gasteiger partial charge is 0.241 e. The van der Waals surface area contributed by atoms with E-state index in [1.54, 1.807) is 0 Å². The molecule has 0 aliphatic carbocycles. The number of nitrogens with two attached hydrogens (primary N) is 1. The Morgan fingerprint density at radius 1 is 1.47 bits per heavy atom. The topological polar surface area (TPSA) is 80.9 Å². The van der Waals surface area contributed by atoms with Gasteiger partial charge in [0.25, 0.3) is 0 Å². The zero-order valence-corrected chi connectivity index (χ0v) is 8.97. The first-order valence-corrected chi connectivity index (χ1v) is 4.91. The molecular formula is C10H16N4O. The molecule has 1 amide bonds. The second-order valence-electron chi connectivity index (χ2n) is 3.85. The molecule has 5 heteroatoms. The maximum absolute atomic E-state index is 11.6. The molecule has 0 bridgehead atoms. The monoisotopic (exact) mass is 208 g/mol. The molecule has 1 unspecified atom stereocenters. The van der Waals surface area contributed by atoms with E-state index in [1.165, 1.54) is 18.7 Å². The summed E-state index contributed by atoms with van der Waals surface area (Å²) in [5.41, 5.74) is 6.28. The van der Waals surface area contributed by atoms with Crippen molar-refractivity contribution in [2.24, 2.45) is 11.7 Å². The second kappa shape index (κ2) is 5.41. The maximum atomic E-state index is 11.6. The Balaban J connectivity index is 2.49. The largest absolute Gasteiger partial charge is 0.322 e. The van der Waals surface area contributed by atoms with E-state index in [4.69, 9.17) is 5.73 Å². The predicted octanol–water partition coefficient (Wildman–Crippen LogP) is 0.788. The van der Waals surface area contributed by atoms with Crippen molar-refractivity contribution in [1.29, 1.82) is 0 Å². The summed E-state index contributed by atoms with van der Waals surface area (Å²) >= 11 is 0. The first-order valence-electron chi connectivity index (χ1n) is 4.91. The molecule has 0 fully saturated rings. The van der Waals surface area contributed by atoms with Crippen LogP contribution in [0.15, 0.2) is 18.7 Å². The van der Waals surface area contributed by atoms with Crippen LogP contribution in [0.4, 0.5) is 5.69 Å². The van der Waals surface area contributed by atoms with Gasteiger partial charge in [-0.1, -0.05) is 13.8 Å². The Bertz CT molecular complexity index is 312. The van der Waals surface area contributed by atoms with Gasteiger partial charge >= 0.3 is 0 Å². The fraction of sp³-hybridized carbons (Fsp3) is 0.500. The van der Waals surface area contributed by atoms with Crippen LogP contribution in [0, 0.1) is 5.92 Å². The molecule has 15 heavy (non-hydrogen) atoms. The number of hydrogen-bond donors (Lipinski definition) is 2. The molecule has 1 atom stereocenters. The fourth-order valence-electron chi connectivity index (χ4n) is 1.21. The number of nitrogens with one attached hydrogen (secondary N) is 1. The lowest BCUT2D eigenvalue weighted by Crippen LogP contribution is -2.36. The minimum Gasteiger partial charge on any atom is -0.322 e. The van der Waals surface area contributed by atoms with Gasteiger partial charge in [-0.2, -0.15) is 0 Å². The number of amides is 1. The molecule has 0 spiro atoms. The molecule has 82 valence electrons. The highest BCUT2D eigenvalue weighted by Crippen LogP contribution is 2.06. The third kappa shape index (κ3) is 4.03. The number of carbonyl (C=O) groups is 1. The Morgan fingerprint density at radius 3 is 2.60 bits per heavy atom. The molecule has 0 aliphatic heterocycles. The summed E-state index contributed by atoms with van der Waals surface area (Å²) in [6, 6.07) is -0.481. The first kappa shape index (κ1) is 11.6. The zero-order valence-electron chi connectivity index (χ0n) is 8.97. The SMILES string of the molecule is CC(C)CC(N)C(=O)Nc1cncnc1. The third-order valence-corrected chi connectivity index (χ3v) is 1.89. The van der Waals surface area contributed by atoms with Crippen LogP contribution in [-0.4, -0.2) is 21.9 Å². The van der Waals surface area contributed by atoms with Gasteiger partial charge in [0.15, 0.2) is 0 Å². The summed E-state index contributed by atoms with van der Waals surface area (Å²) in [7, 11) is 0. The van der Waals surface area contributed by atoms with Crippen LogP contribution >= 0.6 is 0 Å². The van der Waals surface area contributed by atoms with E-state index in [9.17, 15) is 4.79 Å². The van der Waals surface area contributed by atoms with Gasteiger partial charge in [-0.15, -0.1) is 0 Å². The molecule has 0 aliphatic rings. The van der Waals surface area contributed by atoms with Crippen molar-refractivity contribution in [2.45, 2.75) is 26.3 Å². The number of nitrogens with zero attached hydrogens (tertiary/aromatic N) is 2. The van der Waals surface area contributed by atoms with E-state index in [-0.39, 0.29) is 5.91 Å².